The standard InChI is InChI=1S/C24H17Cl2NO4/c25-19-11-6-12-20(26)18(19)14-31-24(30)21(13-15-7-2-1-3-8-15)27-22(28)16-9-4-5-10-17(16)23(27)29/h1-12,21H,13-14H2. The second-order valence-corrected chi connectivity index (χ2v) is 7.85. The monoisotopic (exact) mass is 453 g/mol. The Bertz CT molecular complexity index is 1110. The average Bonchev–Trinajstić information content (AvgIpc) is 3.03. The van der Waals surface area contributed by atoms with E-state index in [1.165, 1.54) is 0 Å². The van der Waals surface area contributed by atoms with Crippen molar-refractivity contribution in [1.82, 2.24) is 4.90 Å². The minimum absolute atomic E-state index is 0.126. The first-order chi connectivity index (χ1) is 15.0. The molecule has 0 aromatic heterocycles. The van der Waals surface area contributed by atoms with Gasteiger partial charge in [-0.2, -0.15) is 0 Å². The maximum absolute atomic E-state index is 13.1. The molecule has 3 aromatic carbocycles. The molecule has 0 saturated heterocycles. The highest BCUT2D eigenvalue weighted by molar-refractivity contribution is 6.36. The number of nitrogens with zero attached hydrogens (tertiary/aromatic N) is 1. The highest BCUT2D eigenvalue weighted by Gasteiger charge is 2.43. The number of imide groups is 1. The zero-order valence-electron chi connectivity index (χ0n) is 16.3. The maximum Gasteiger partial charge on any atom is 0.330 e. The van der Waals surface area contributed by atoms with Gasteiger partial charge >= 0.3 is 5.97 Å². The van der Waals surface area contributed by atoms with E-state index >= 15 is 0 Å². The van der Waals surface area contributed by atoms with Gasteiger partial charge in [0.1, 0.15) is 12.6 Å². The van der Waals surface area contributed by atoms with Crippen LogP contribution in [0.4, 0.5) is 0 Å². The summed E-state index contributed by atoms with van der Waals surface area (Å²) in [6.45, 7) is -0.175. The molecule has 0 aliphatic carbocycles. The summed E-state index contributed by atoms with van der Waals surface area (Å²) in [4.78, 5) is 40.1. The summed E-state index contributed by atoms with van der Waals surface area (Å²) >= 11 is 12.3. The van der Waals surface area contributed by atoms with Crippen LogP contribution in [0.1, 0.15) is 31.8 Å². The van der Waals surface area contributed by atoms with Gasteiger partial charge in [0, 0.05) is 22.0 Å². The Morgan fingerprint density at radius 2 is 1.35 bits per heavy atom. The Kier molecular flexibility index (Phi) is 6.07. The minimum atomic E-state index is -1.13. The zero-order valence-corrected chi connectivity index (χ0v) is 17.8. The van der Waals surface area contributed by atoms with Gasteiger partial charge in [-0.15, -0.1) is 0 Å². The van der Waals surface area contributed by atoms with Crippen LogP contribution in [0.5, 0.6) is 0 Å². The molecule has 156 valence electrons. The summed E-state index contributed by atoms with van der Waals surface area (Å²) in [5.41, 5.74) is 1.79. The summed E-state index contributed by atoms with van der Waals surface area (Å²) in [5.74, 6) is -1.75. The number of carbonyl (C=O) groups excluding carboxylic acids is 3. The fourth-order valence-electron chi connectivity index (χ4n) is 3.52. The molecule has 1 unspecified atom stereocenters. The van der Waals surface area contributed by atoms with Gasteiger partial charge in [0.2, 0.25) is 0 Å². The Hall–Kier alpha value is -3.15. The van der Waals surface area contributed by atoms with Crippen molar-refractivity contribution >= 4 is 41.0 Å². The summed E-state index contributed by atoms with van der Waals surface area (Å²) in [5, 5.41) is 0.723. The summed E-state index contributed by atoms with van der Waals surface area (Å²) < 4.78 is 5.48. The van der Waals surface area contributed by atoms with Crippen molar-refractivity contribution in [2.24, 2.45) is 0 Å². The number of hydrogen-bond acceptors (Lipinski definition) is 4. The molecule has 2 amide bonds. The number of halogens is 2. The first-order valence-corrected chi connectivity index (χ1v) is 10.3. The highest BCUT2D eigenvalue weighted by atomic mass is 35.5. The van der Waals surface area contributed by atoms with Gasteiger partial charge in [-0.3, -0.25) is 14.5 Å². The molecule has 0 radical (unpaired) electrons. The molecule has 0 bridgehead atoms. The van der Waals surface area contributed by atoms with Crippen molar-refractivity contribution in [3.8, 4) is 0 Å². The van der Waals surface area contributed by atoms with E-state index in [-0.39, 0.29) is 24.2 Å². The number of amides is 2. The van der Waals surface area contributed by atoms with Gasteiger partial charge in [-0.05, 0) is 29.8 Å². The van der Waals surface area contributed by atoms with Crippen LogP contribution in [0, 0.1) is 0 Å². The average molecular weight is 454 g/mol. The van der Waals surface area contributed by atoms with Crippen molar-refractivity contribution in [2.45, 2.75) is 19.1 Å². The van der Waals surface area contributed by atoms with E-state index in [1.807, 2.05) is 30.3 Å². The normalized spacial score (nSPS) is 13.8. The molecule has 3 aromatic rings. The van der Waals surface area contributed by atoms with Crippen LogP contribution in [-0.2, 0) is 22.6 Å². The third-order valence-corrected chi connectivity index (χ3v) is 5.81. The van der Waals surface area contributed by atoms with Gasteiger partial charge in [-0.25, -0.2) is 4.79 Å². The van der Waals surface area contributed by atoms with Crippen LogP contribution < -0.4 is 0 Å². The van der Waals surface area contributed by atoms with Gasteiger partial charge in [0.25, 0.3) is 11.8 Å². The lowest BCUT2D eigenvalue weighted by atomic mass is 10.0. The number of hydrogen-bond donors (Lipinski definition) is 0. The molecular weight excluding hydrogens is 437 g/mol. The number of fused-ring (bicyclic) bond motifs is 1. The first-order valence-electron chi connectivity index (χ1n) is 9.57. The molecule has 5 nitrogen and oxygen atoms in total. The number of carbonyl (C=O) groups is 3. The van der Waals surface area contributed by atoms with Gasteiger partial charge in [0.15, 0.2) is 0 Å². The van der Waals surface area contributed by atoms with E-state index in [2.05, 4.69) is 0 Å². The summed E-state index contributed by atoms with van der Waals surface area (Å²) in [6, 6.07) is 19.5. The molecule has 0 spiro atoms. The lowest BCUT2D eigenvalue weighted by molar-refractivity contribution is -0.149. The maximum atomic E-state index is 13.1. The molecular formula is C24H17Cl2NO4. The Labute approximate surface area is 189 Å². The van der Waals surface area contributed by atoms with E-state index in [0.717, 1.165) is 10.5 Å². The Balaban J connectivity index is 1.63. The molecule has 1 atom stereocenters. The molecule has 4 rings (SSSR count). The molecule has 7 heteroatoms. The molecule has 0 saturated carbocycles. The predicted octanol–water partition coefficient (Wildman–Crippen LogP) is 4.94. The van der Waals surface area contributed by atoms with Gasteiger partial charge in [-0.1, -0.05) is 71.7 Å². The Morgan fingerprint density at radius 1 is 0.806 bits per heavy atom. The smallest absolute Gasteiger partial charge is 0.330 e. The third kappa shape index (κ3) is 4.20. The molecule has 1 heterocycles. The summed E-state index contributed by atoms with van der Waals surface area (Å²) in [7, 11) is 0. The van der Waals surface area contributed by atoms with Crippen LogP contribution >= 0.6 is 23.2 Å². The van der Waals surface area contributed by atoms with Crippen molar-refractivity contribution in [2.75, 3.05) is 0 Å². The van der Waals surface area contributed by atoms with Gasteiger partial charge < -0.3 is 4.74 Å². The number of ether oxygens (including phenoxy) is 1. The molecule has 31 heavy (non-hydrogen) atoms. The van der Waals surface area contributed by atoms with Crippen LogP contribution in [0.3, 0.4) is 0 Å². The second-order valence-electron chi connectivity index (χ2n) is 7.04. The second kappa shape index (κ2) is 8.92. The minimum Gasteiger partial charge on any atom is -0.459 e. The van der Waals surface area contributed by atoms with E-state index in [1.54, 1.807) is 42.5 Å². The van der Waals surface area contributed by atoms with Crippen molar-refractivity contribution in [3.63, 3.8) is 0 Å². The largest absolute Gasteiger partial charge is 0.459 e. The van der Waals surface area contributed by atoms with Crippen LogP contribution in [-0.4, -0.2) is 28.7 Å². The number of esters is 1. The highest BCUT2D eigenvalue weighted by Crippen LogP contribution is 2.28. The number of rotatable bonds is 6. The lowest BCUT2D eigenvalue weighted by Crippen LogP contribution is -2.47. The van der Waals surface area contributed by atoms with Crippen molar-refractivity contribution < 1.29 is 19.1 Å². The zero-order chi connectivity index (χ0) is 22.0. The van der Waals surface area contributed by atoms with Crippen LogP contribution in [0.15, 0.2) is 72.8 Å². The van der Waals surface area contributed by atoms with E-state index < -0.39 is 23.8 Å². The van der Waals surface area contributed by atoms with Crippen LogP contribution in [0.2, 0.25) is 10.0 Å². The van der Waals surface area contributed by atoms with Gasteiger partial charge in [0.05, 0.1) is 11.1 Å². The van der Waals surface area contributed by atoms with Crippen LogP contribution in [0.25, 0.3) is 0 Å². The lowest BCUT2D eigenvalue weighted by Gasteiger charge is -2.25. The molecule has 1 aliphatic heterocycles. The van der Waals surface area contributed by atoms with E-state index in [0.29, 0.717) is 15.6 Å². The van der Waals surface area contributed by atoms with Crippen molar-refractivity contribution in [1.29, 1.82) is 0 Å². The Morgan fingerprint density at radius 3 is 1.94 bits per heavy atom. The first kappa shape index (κ1) is 21.1. The molecule has 1 aliphatic rings. The fourth-order valence-corrected chi connectivity index (χ4v) is 4.02. The molecule has 0 N–H and O–H groups in total. The topological polar surface area (TPSA) is 63.7 Å². The molecule has 0 fully saturated rings. The van der Waals surface area contributed by atoms with E-state index in [9.17, 15) is 14.4 Å². The number of benzene rings is 3. The third-order valence-electron chi connectivity index (χ3n) is 5.10. The quantitative estimate of drug-likeness (QED) is 0.391. The van der Waals surface area contributed by atoms with Crippen molar-refractivity contribution in [3.05, 3.63) is 105 Å². The fraction of sp³-hybridized carbons (Fsp3) is 0.125. The predicted molar refractivity (Wildman–Crippen MR) is 117 cm³/mol. The van der Waals surface area contributed by atoms with E-state index in [4.69, 9.17) is 27.9 Å². The SMILES string of the molecule is O=C(OCc1c(Cl)cccc1Cl)C(Cc1ccccc1)N1C(=O)c2ccccc2C1=O. The summed E-state index contributed by atoms with van der Waals surface area (Å²) in [6.07, 6.45) is 0.126.